The molecule has 0 atom stereocenters. The molecule has 0 aromatic rings. The lowest BCUT2D eigenvalue weighted by Gasteiger charge is -2.12. The molecule has 0 aliphatic carbocycles. The fourth-order valence-corrected chi connectivity index (χ4v) is 1.48. The highest BCUT2D eigenvalue weighted by Gasteiger charge is 1.99. The van der Waals surface area contributed by atoms with Crippen molar-refractivity contribution in [2.45, 2.75) is 52.4 Å². The first-order chi connectivity index (χ1) is 5.81. The highest BCUT2D eigenvalue weighted by molar-refractivity contribution is 4.36. The van der Waals surface area contributed by atoms with Gasteiger partial charge in [0.25, 0.3) is 0 Å². The van der Waals surface area contributed by atoms with Crippen LogP contribution in [0, 0.1) is 0 Å². The summed E-state index contributed by atoms with van der Waals surface area (Å²) in [6, 6.07) is 0. The van der Waals surface area contributed by atoms with E-state index < -0.39 is 0 Å². The number of rotatable bonds is 8. The molecule has 0 aromatic heterocycles. The Kier molecular flexibility index (Phi) is 15.2. The normalized spacial score (nSPS) is 10.2. The summed E-state index contributed by atoms with van der Waals surface area (Å²) in [7, 11) is 2.32. The molecule has 0 aliphatic rings. The van der Waals surface area contributed by atoms with Gasteiger partial charge in [0.2, 0.25) is 0 Å². The van der Waals surface area contributed by atoms with Crippen LogP contribution in [0.25, 0.3) is 0 Å². The summed E-state index contributed by atoms with van der Waals surface area (Å²) in [5.74, 6) is 0. The Labute approximate surface area is 94.7 Å². The average Bonchev–Trinajstić information content (AvgIpc) is 2.06. The molecule has 82 valence electrons. The standard InChI is InChI=1S/C11H25N.BrH/c1-4-6-8-10-12(3)11-9-7-5-2;/h4-11H2,1-3H3;1H. The Hall–Kier alpha value is 0.440. The molecule has 0 unspecified atom stereocenters. The van der Waals surface area contributed by atoms with Crippen molar-refractivity contribution in [3.8, 4) is 0 Å². The largest absolute Gasteiger partial charge is 1.00 e. The van der Waals surface area contributed by atoms with E-state index in [4.69, 9.17) is 0 Å². The van der Waals surface area contributed by atoms with Crippen molar-refractivity contribution in [1.82, 2.24) is 0 Å². The molecule has 1 N–H and O–H groups in total. The van der Waals surface area contributed by atoms with Crippen LogP contribution in [0.3, 0.4) is 0 Å². The highest BCUT2D eigenvalue weighted by atomic mass is 79.9. The maximum absolute atomic E-state index is 2.32. The Balaban J connectivity index is 0. The van der Waals surface area contributed by atoms with Gasteiger partial charge in [-0.2, -0.15) is 0 Å². The zero-order valence-electron chi connectivity index (χ0n) is 9.53. The van der Waals surface area contributed by atoms with Crippen LogP contribution >= 0.6 is 0 Å². The van der Waals surface area contributed by atoms with Crippen LogP contribution in [0.2, 0.25) is 0 Å². The van der Waals surface area contributed by atoms with E-state index in [0.717, 1.165) is 0 Å². The van der Waals surface area contributed by atoms with Crippen LogP contribution in [0.15, 0.2) is 0 Å². The maximum Gasteiger partial charge on any atom is 0.0768 e. The van der Waals surface area contributed by atoms with Gasteiger partial charge in [0.1, 0.15) is 0 Å². The van der Waals surface area contributed by atoms with Crippen molar-refractivity contribution < 1.29 is 21.9 Å². The fraction of sp³-hybridized carbons (Fsp3) is 1.00. The molecule has 0 aromatic carbocycles. The van der Waals surface area contributed by atoms with Gasteiger partial charge < -0.3 is 21.9 Å². The zero-order chi connectivity index (χ0) is 9.23. The third-order valence-corrected chi connectivity index (χ3v) is 2.41. The molecule has 0 spiro atoms. The molecular weight excluding hydrogens is 226 g/mol. The summed E-state index contributed by atoms with van der Waals surface area (Å²) in [5, 5.41) is 0. The van der Waals surface area contributed by atoms with E-state index in [2.05, 4.69) is 20.9 Å². The van der Waals surface area contributed by atoms with Gasteiger partial charge in [0, 0.05) is 0 Å². The fourth-order valence-electron chi connectivity index (χ4n) is 1.48. The number of quaternary nitrogens is 1. The molecule has 0 rings (SSSR count). The first kappa shape index (κ1) is 15.9. The minimum absolute atomic E-state index is 0. The van der Waals surface area contributed by atoms with E-state index in [1.807, 2.05) is 0 Å². The number of halogens is 1. The van der Waals surface area contributed by atoms with Crippen LogP contribution in [0.5, 0.6) is 0 Å². The Morgan fingerprint density at radius 2 is 1.15 bits per heavy atom. The van der Waals surface area contributed by atoms with Gasteiger partial charge in [-0.05, 0) is 25.7 Å². The van der Waals surface area contributed by atoms with Crippen molar-refractivity contribution >= 4 is 0 Å². The van der Waals surface area contributed by atoms with Gasteiger partial charge in [0.05, 0.1) is 20.1 Å². The van der Waals surface area contributed by atoms with E-state index in [9.17, 15) is 0 Å². The Morgan fingerprint density at radius 3 is 1.46 bits per heavy atom. The summed E-state index contributed by atoms with van der Waals surface area (Å²) in [6.45, 7) is 7.29. The molecule has 0 bridgehead atoms. The summed E-state index contributed by atoms with van der Waals surface area (Å²) in [5.41, 5.74) is 0. The molecule has 1 nitrogen and oxygen atoms in total. The van der Waals surface area contributed by atoms with Crippen LogP contribution in [0.1, 0.15) is 52.4 Å². The van der Waals surface area contributed by atoms with E-state index in [1.54, 1.807) is 4.90 Å². The SMILES string of the molecule is CCCCC[NH+](C)CCCCC.[Br-]. The summed E-state index contributed by atoms with van der Waals surface area (Å²) in [6.07, 6.45) is 8.34. The first-order valence-electron chi connectivity index (χ1n) is 5.62. The molecule has 0 radical (unpaired) electrons. The van der Waals surface area contributed by atoms with Crippen molar-refractivity contribution in [3.63, 3.8) is 0 Å². The van der Waals surface area contributed by atoms with Gasteiger partial charge in [0.15, 0.2) is 0 Å². The average molecular weight is 252 g/mol. The number of unbranched alkanes of at least 4 members (excludes halogenated alkanes) is 4. The Bertz CT molecular complexity index is 76.2. The van der Waals surface area contributed by atoms with Gasteiger partial charge in [-0.1, -0.05) is 26.7 Å². The van der Waals surface area contributed by atoms with Crippen molar-refractivity contribution in [1.29, 1.82) is 0 Å². The molecular formula is C11H26BrN. The molecule has 2 heteroatoms. The van der Waals surface area contributed by atoms with Crippen LogP contribution < -0.4 is 21.9 Å². The molecule has 0 fully saturated rings. The number of hydrogen-bond acceptors (Lipinski definition) is 0. The topological polar surface area (TPSA) is 4.44 Å². The number of hydrogen-bond donors (Lipinski definition) is 1. The van der Waals surface area contributed by atoms with Crippen LogP contribution in [0.4, 0.5) is 0 Å². The summed E-state index contributed by atoms with van der Waals surface area (Å²) in [4.78, 5) is 1.72. The lowest BCUT2D eigenvalue weighted by molar-refractivity contribution is -0.880. The molecule has 0 amide bonds. The summed E-state index contributed by atoms with van der Waals surface area (Å²) >= 11 is 0. The lowest BCUT2D eigenvalue weighted by atomic mass is 10.2. The minimum atomic E-state index is 0. The van der Waals surface area contributed by atoms with Crippen LogP contribution in [-0.4, -0.2) is 20.1 Å². The molecule has 0 heterocycles. The van der Waals surface area contributed by atoms with E-state index in [-0.39, 0.29) is 17.0 Å². The minimum Gasteiger partial charge on any atom is -1.00 e. The first-order valence-corrected chi connectivity index (χ1v) is 5.62. The summed E-state index contributed by atoms with van der Waals surface area (Å²) < 4.78 is 0. The van der Waals surface area contributed by atoms with Gasteiger partial charge in [-0.15, -0.1) is 0 Å². The zero-order valence-corrected chi connectivity index (χ0v) is 11.1. The van der Waals surface area contributed by atoms with Crippen molar-refractivity contribution in [2.24, 2.45) is 0 Å². The third-order valence-electron chi connectivity index (χ3n) is 2.41. The van der Waals surface area contributed by atoms with E-state index in [0.29, 0.717) is 0 Å². The van der Waals surface area contributed by atoms with Crippen molar-refractivity contribution in [2.75, 3.05) is 20.1 Å². The quantitative estimate of drug-likeness (QED) is 0.522. The van der Waals surface area contributed by atoms with Crippen molar-refractivity contribution in [3.05, 3.63) is 0 Å². The second-order valence-electron chi connectivity index (χ2n) is 3.87. The molecule has 0 saturated heterocycles. The number of nitrogens with one attached hydrogen (secondary N) is 1. The monoisotopic (exact) mass is 251 g/mol. The van der Waals surface area contributed by atoms with E-state index in [1.165, 1.54) is 51.6 Å². The van der Waals surface area contributed by atoms with Gasteiger partial charge in [-0.25, -0.2) is 0 Å². The second-order valence-corrected chi connectivity index (χ2v) is 3.87. The predicted molar refractivity (Wildman–Crippen MR) is 55.7 cm³/mol. The van der Waals surface area contributed by atoms with Gasteiger partial charge >= 0.3 is 0 Å². The lowest BCUT2D eigenvalue weighted by Crippen LogP contribution is -3.09. The predicted octanol–water partition coefficient (Wildman–Crippen LogP) is -1.11. The van der Waals surface area contributed by atoms with Crippen LogP contribution in [-0.2, 0) is 0 Å². The smallest absolute Gasteiger partial charge is 0.0768 e. The Morgan fingerprint density at radius 1 is 0.769 bits per heavy atom. The molecule has 13 heavy (non-hydrogen) atoms. The second kappa shape index (κ2) is 12.4. The molecule has 0 aliphatic heterocycles. The van der Waals surface area contributed by atoms with E-state index >= 15 is 0 Å². The maximum atomic E-state index is 2.32. The molecule has 0 saturated carbocycles. The highest BCUT2D eigenvalue weighted by Crippen LogP contribution is 1.91. The third kappa shape index (κ3) is 12.4. The van der Waals surface area contributed by atoms with Gasteiger partial charge in [-0.3, -0.25) is 0 Å².